The molecule has 2 heterocycles. The molecule has 1 aliphatic rings. The van der Waals surface area contributed by atoms with Crippen LogP contribution in [-0.4, -0.2) is 37.3 Å². The molecule has 1 aliphatic carbocycles. The van der Waals surface area contributed by atoms with Gasteiger partial charge < -0.3 is 10.1 Å². The van der Waals surface area contributed by atoms with Crippen LogP contribution in [0.1, 0.15) is 41.4 Å². The minimum Gasteiger partial charge on any atom is -0.495 e. The summed E-state index contributed by atoms with van der Waals surface area (Å²) in [5.41, 5.74) is 1.37. The van der Waals surface area contributed by atoms with E-state index in [2.05, 4.69) is 30.9 Å². The SMILES string of the molecule is COc1cc(C(F)(F)F)ccc1Nc1nc(C2CC2)cn(-c2ccc(CCc3nn[nH]n3)cc2)c1=O. The van der Waals surface area contributed by atoms with Gasteiger partial charge >= 0.3 is 6.18 Å². The van der Waals surface area contributed by atoms with Crippen LogP contribution in [0.25, 0.3) is 5.69 Å². The fraction of sp³-hybridized carbons (Fsp3) is 0.292. The summed E-state index contributed by atoms with van der Waals surface area (Å²) in [6.07, 6.45) is 0.467. The van der Waals surface area contributed by atoms with Crippen molar-refractivity contribution in [2.24, 2.45) is 0 Å². The van der Waals surface area contributed by atoms with Gasteiger partial charge in [0, 0.05) is 24.2 Å². The molecule has 0 atom stereocenters. The van der Waals surface area contributed by atoms with Crippen molar-refractivity contribution in [3.63, 3.8) is 0 Å². The molecule has 0 saturated heterocycles. The molecule has 0 radical (unpaired) electrons. The Balaban J connectivity index is 1.45. The smallest absolute Gasteiger partial charge is 0.416 e. The van der Waals surface area contributed by atoms with Crippen molar-refractivity contribution in [3.05, 3.63) is 81.7 Å². The minimum absolute atomic E-state index is 0.0126. The van der Waals surface area contributed by atoms with Crippen molar-refractivity contribution in [1.82, 2.24) is 30.2 Å². The zero-order chi connectivity index (χ0) is 25.3. The Morgan fingerprint density at radius 3 is 2.56 bits per heavy atom. The topological polar surface area (TPSA) is 111 Å². The molecule has 0 bridgehead atoms. The molecular weight excluding hydrogens is 475 g/mol. The third-order valence-corrected chi connectivity index (χ3v) is 5.94. The lowest BCUT2D eigenvalue weighted by Gasteiger charge is -2.15. The lowest BCUT2D eigenvalue weighted by atomic mass is 10.1. The van der Waals surface area contributed by atoms with E-state index in [1.807, 2.05) is 24.3 Å². The zero-order valence-electron chi connectivity index (χ0n) is 19.2. The van der Waals surface area contributed by atoms with E-state index in [1.165, 1.54) is 17.7 Å². The summed E-state index contributed by atoms with van der Waals surface area (Å²) in [7, 11) is 1.27. The maximum Gasteiger partial charge on any atom is 0.416 e. The average molecular weight is 497 g/mol. The molecular formula is C24H22F3N7O2. The van der Waals surface area contributed by atoms with Crippen LogP contribution in [0.5, 0.6) is 5.75 Å². The van der Waals surface area contributed by atoms with Gasteiger partial charge in [-0.25, -0.2) is 4.98 Å². The summed E-state index contributed by atoms with van der Waals surface area (Å²) in [6.45, 7) is 0. The fourth-order valence-corrected chi connectivity index (χ4v) is 3.83. The maximum absolute atomic E-state index is 13.4. The molecule has 36 heavy (non-hydrogen) atoms. The number of nitrogens with zero attached hydrogens (tertiary/aromatic N) is 5. The van der Waals surface area contributed by atoms with Gasteiger partial charge in [-0.2, -0.15) is 18.4 Å². The number of rotatable bonds is 8. The van der Waals surface area contributed by atoms with E-state index in [0.29, 0.717) is 24.4 Å². The van der Waals surface area contributed by atoms with Gasteiger partial charge in [0.15, 0.2) is 11.6 Å². The van der Waals surface area contributed by atoms with E-state index in [9.17, 15) is 18.0 Å². The standard InChI is InChI=1S/C24H22F3N7O2/c1-36-20-12-16(24(25,26)27)7-10-18(20)28-22-23(35)34(13-19(29-22)15-5-6-15)17-8-2-14(3-9-17)4-11-21-30-32-33-31-21/h2-3,7-10,12-13,15H,4-6,11H2,1H3,(H,28,29)(H,30,31,32,33). The first kappa shape index (κ1) is 23.5. The van der Waals surface area contributed by atoms with Crippen LogP contribution in [0.3, 0.4) is 0 Å². The van der Waals surface area contributed by atoms with Crippen molar-refractivity contribution in [1.29, 1.82) is 0 Å². The van der Waals surface area contributed by atoms with E-state index in [1.54, 1.807) is 6.20 Å². The molecule has 1 fully saturated rings. The number of aromatic nitrogens is 6. The molecule has 2 N–H and O–H groups in total. The van der Waals surface area contributed by atoms with Gasteiger partial charge in [0.25, 0.3) is 5.56 Å². The number of benzene rings is 2. The van der Waals surface area contributed by atoms with Crippen molar-refractivity contribution in [3.8, 4) is 11.4 Å². The molecule has 1 saturated carbocycles. The summed E-state index contributed by atoms with van der Waals surface area (Å²) >= 11 is 0. The van der Waals surface area contributed by atoms with E-state index in [0.717, 1.165) is 36.2 Å². The number of aromatic amines is 1. The highest BCUT2D eigenvalue weighted by Gasteiger charge is 2.31. The van der Waals surface area contributed by atoms with E-state index in [4.69, 9.17) is 4.74 Å². The predicted molar refractivity (Wildman–Crippen MR) is 125 cm³/mol. The number of hydrogen-bond acceptors (Lipinski definition) is 7. The van der Waals surface area contributed by atoms with Crippen LogP contribution in [0.15, 0.2) is 53.5 Å². The van der Waals surface area contributed by atoms with Crippen molar-refractivity contribution < 1.29 is 17.9 Å². The second kappa shape index (κ2) is 9.44. The second-order valence-corrected chi connectivity index (χ2v) is 8.50. The van der Waals surface area contributed by atoms with Gasteiger partial charge in [-0.1, -0.05) is 17.3 Å². The number of methoxy groups -OCH3 is 1. The van der Waals surface area contributed by atoms with E-state index >= 15 is 0 Å². The number of ether oxygens (including phenoxy) is 1. The highest BCUT2D eigenvalue weighted by Crippen LogP contribution is 2.40. The fourth-order valence-electron chi connectivity index (χ4n) is 3.83. The highest BCUT2D eigenvalue weighted by molar-refractivity contribution is 5.65. The van der Waals surface area contributed by atoms with Crippen LogP contribution in [0.2, 0.25) is 0 Å². The van der Waals surface area contributed by atoms with Crippen molar-refractivity contribution in [2.75, 3.05) is 12.4 Å². The van der Waals surface area contributed by atoms with Crippen LogP contribution >= 0.6 is 0 Å². The molecule has 2 aromatic carbocycles. The van der Waals surface area contributed by atoms with Crippen LogP contribution in [0, 0.1) is 0 Å². The summed E-state index contributed by atoms with van der Waals surface area (Å²) in [5, 5.41) is 16.7. The van der Waals surface area contributed by atoms with Gasteiger partial charge in [0.05, 0.1) is 24.1 Å². The van der Waals surface area contributed by atoms with Crippen molar-refractivity contribution >= 4 is 11.5 Å². The van der Waals surface area contributed by atoms with Gasteiger partial charge in [-0.05, 0) is 55.2 Å². The number of hydrogen-bond donors (Lipinski definition) is 2. The molecule has 4 aromatic rings. The van der Waals surface area contributed by atoms with Crippen LogP contribution < -0.4 is 15.6 Å². The number of halogens is 3. The lowest BCUT2D eigenvalue weighted by molar-refractivity contribution is -0.137. The number of aryl methyl sites for hydroxylation is 2. The van der Waals surface area contributed by atoms with E-state index in [-0.39, 0.29) is 23.2 Å². The second-order valence-electron chi connectivity index (χ2n) is 8.50. The normalized spacial score (nSPS) is 13.6. The number of H-pyrrole nitrogens is 1. The Hall–Kier alpha value is -4.22. The summed E-state index contributed by atoms with van der Waals surface area (Å²) in [6, 6.07) is 10.6. The molecule has 9 nitrogen and oxygen atoms in total. The summed E-state index contributed by atoms with van der Waals surface area (Å²) < 4.78 is 46.0. The summed E-state index contributed by atoms with van der Waals surface area (Å²) in [5.74, 6) is 0.827. The first-order valence-electron chi connectivity index (χ1n) is 11.3. The van der Waals surface area contributed by atoms with E-state index < -0.39 is 17.3 Å². The predicted octanol–water partition coefficient (Wildman–Crippen LogP) is 4.18. The van der Waals surface area contributed by atoms with Crippen LogP contribution in [0.4, 0.5) is 24.7 Å². The Bertz CT molecular complexity index is 1410. The number of anilines is 2. The quantitative estimate of drug-likeness (QED) is 0.376. The molecule has 5 rings (SSSR count). The first-order chi connectivity index (χ1) is 17.3. The monoisotopic (exact) mass is 497 g/mol. The zero-order valence-corrected chi connectivity index (χ0v) is 19.2. The minimum atomic E-state index is -4.51. The summed E-state index contributed by atoms with van der Waals surface area (Å²) in [4.78, 5) is 17.8. The molecule has 0 aliphatic heterocycles. The first-order valence-corrected chi connectivity index (χ1v) is 11.3. The maximum atomic E-state index is 13.4. The van der Waals surface area contributed by atoms with Gasteiger partial charge in [-0.3, -0.25) is 9.36 Å². The number of nitrogens with one attached hydrogen (secondary N) is 2. The number of alkyl halides is 3. The lowest BCUT2D eigenvalue weighted by Crippen LogP contribution is -2.23. The van der Waals surface area contributed by atoms with Gasteiger partial charge in [0.1, 0.15) is 5.75 Å². The Kier molecular flexibility index (Phi) is 6.17. The van der Waals surface area contributed by atoms with Crippen LogP contribution in [-0.2, 0) is 19.0 Å². The average Bonchev–Trinajstić information content (AvgIpc) is 3.59. The molecule has 2 aromatic heterocycles. The number of tetrazole rings is 1. The highest BCUT2D eigenvalue weighted by atomic mass is 19.4. The third-order valence-electron chi connectivity index (χ3n) is 5.94. The molecule has 12 heteroatoms. The molecule has 0 spiro atoms. The Morgan fingerprint density at radius 2 is 1.92 bits per heavy atom. The Morgan fingerprint density at radius 1 is 1.14 bits per heavy atom. The molecule has 186 valence electrons. The molecule has 0 amide bonds. The third kappa shape index (κ3) is 5.07. The molecule has 0 unspecified atom stereocenters. The largest absolute Gasteiger partial charge is 0.495 e. The van der Waals surface area contributed by atoms with Gasteiger partial charge in [-0.15, -0.1) is 10.2 Å². The van der Waals surface area contributed by atoms with Crippen molar-refractivity contribution in [2.45, 2.75) is 37.8 Å². The van der Waals surface area contributed by atoms with Gasteiger partial charge in [0.2, 0.25) is 0 Å². The Labute approximate surface area is 203 Å².